The fourth-order valence-corrected chi connectivity index (χ4v) is 3.39. The first kappa shape index (κ1) is 19.0. The number of nitrogens with two attached hydrogens (primary N) is 1. The van der Waals surface area contributed by atoms with Crippen molar-refractivity contribution >= 4 is 29.7 Å². The number of aliphatic imine (C=N–C) groups is 1. The Morgan fingerprint density at radius 1 is 1.26 bits per heavy atom. The quantitative estimate of drug-likeness (QED) is 0.602. The highest BCUT2D eigenvalue weighted by molar-refractivity contribution is 6.32. The second-order valence-electron chi connectivity index (χ2n) is 6.66. The largest absolute Gasteiger partial charge is 0.492 e. The van der Waals surface area contributed by atoms with Gasteiger partial charge >= 0.3 is 6.03 Å². The number of amides is 4. The van der Waals surface area contributed by atoms with Crippen LogP contribution in [-0.2, 0) is 9.59 Å². The number of benzene rings is 1. The van der Waals surface area contributed by atoms with E-state index >= 15 is 0 Å². The van der Waals surface area contributed by atoms with Gasteiger partial charge < -0.3 is 10.5 Å². The Morgan fingerprint density at radius 3 is 2.74 bits per heavy atom. The second kappa shape index (κ2) is 8.30. The summed E-state index contributed by atoms with van der Waals surface area (Å²) in [5.74, 6) is -2.11. The predicted octanol–water partition coefficient (Wildman–Crippen LogP) is 1.62. The van der Waals surface area contributed by atoms with Crippen LogP contribution in [0.4, 0.5) is 10.5 Å². The summed E-state index contributed by atoms with van der Waals surface area (Å²) in [5.41, 5.74) is 6.37. The fourth-order valence-electron chi connectivity index (χ4n) is 3.39. The Balaban J connectivity index is 1.86. The molecule has 1 aliphatic carbocycles. The van der Waals surface area contributed by atoms with Crippen molar-refractivity contribution in [3.05, 3.63) is 24.3 Å². The van der Waals surface area contributed by atoms with Crippen molar-refractivity contribution in [2.24, 2.45) is 16.6 Å². The minimum atomic E-state index is -1.17. The van der Waals surface area contributed by atoms with E-state index in [4.69, 9.17) is 10.5 Å². The number of nitrogens with one attached hydrogen (secondary N) is 1. The molecule has 3 rings (SSSR count). The topological polar surface area (TPSA) is 114 Å². The van der Waals surface area contributed by atoms with Gasteiger partial charge in [-0.05, 0) is 31.9 Å². The molecule has 0 unspecified atom stereocenters. The van der Waals surface area contributed by atoms with Gasteiger partial charge in [0.15, 0.2) is 5.92 Å². The SMILES string of the molecule is CCOc1ccccc1N1C(=O)NC(=O)[C@@H](C=N[C@H]2CCCC[C@@H]2N)C1=O. The maximum atomic E-state index is 12.9. The molecule has 2 fully saturated rings. The molecule has 1 aliphatic heterocycles. The summed E-state index contributed by atoms with van der Waals surface area (Å²) < 4.78 is 5.51. The number of carbonyl (C=O) groups is 3. The van der Waals surface area contributed by atoms with Crippen LogP contribution in [0.25, 0.3) is 0 Å². The minimum absolute atomic E-state index is 0.0758. The second-order valence-corrected chi connectivity index (χ2v) is 6.66. The van der Waals surface area contributed by atoms with Crippen molar-refractivity contribution in [3.8, 4) is 5.75 Å². The summed E-state index contributed by atoms with van der Waals surface area (Å²) in [6.45, 7) is 2.19. The molecule has 0 aromatic heterocycles. The standard InChI is InChI=1S/C19H24N4O4/c1-2-27-16-10-6-5-9-15(16)23-18(25)12(17(24)22-19(23)26)11-21-14-8-4-3-7-13(14)20/h5-6,9-14H,2-4,7-8,20H2,1H3,(H,22,24,26)/t12-,13+,14+/m1/s1. The molecule has 1 aromatic carbocycles. The molecule has 0 spiro atoms. The number of anilines is 1. The smallest absolute Gasteiger partial charge is 0.335 e. The predicted molar refractivity (Wildman–Crippen MR) is 101 cm³/mol. The lowest BCUT2D eigenvalue weighted by molar-refractivity contribution is -0.131. The monoisotopic (exact) mass is 372 g/mol. The van der Waals surface area contributed by atoms with Gasteiger partial charge in [0.1, 0.15) is 5.75 Å². The molecular weight excluding hydrogens is 348 g/mol. The Bertz CT molecular complexity index is 764. The number of nitrogens with zero attached hydrogens (tertiary/aromatic N) is 2. The van der Waals surface area contributed by atoms with Crippen molar-refractivity contribution in [2.75, 3.05) is 11.5 Å². The van der Waals surface area contributed by atoms with E-state index in [0.717, 1.165) is 30.6 Å². The summed E-state index contributed by atoms with van der Waals surface area (Å²) in [6, 6.07) is 5.73. The first-order chi connectivity index (χ1) is 13.0. The molecule has 144 valence electrons. The van der Waals surface area contributed by atoms with Crippen LogP contribution in [0.1, 0.15) is 32.6 Å². The zero-order valence-electron chi connectivity index (χ0n) is 15.3. The molecule has 3 atom stereocenters. The zero-order chi connectivity index (χ0) is 19.4. The van der Waals surface area contributed by atoms with Crippen LogP contribution in [0.2, 0.25) is 0 Å². The van der Waals surface area contributed by atoms with Crippen molar-refractivity contribution in [2.45, 2.75) is 44.7 Å². The maximum Gasteiger partial charge on any atom is 0.335 e. The van der Waals surface area contributed by atoms with Gasteiger partial charge in [-0.15, -0.1) is 0 Å². The third-order valence-corrected chi connectivity index (χ3v) is 4.82. The first-order valence-electron chi connectivity index (χ1n) is 9.22. The van der Waals surface area contributed by atoms with E-state index < -0.39 is 23.8 Å². The number of imide groups is 2. The summed E-state index contributed by atoms with van der Waals surface area (Å²) in [4.78, 5) is 42.8. The number of barbiturate groups is 1. The Hall–Kier alpha value is -2.74. The van der Waals surface area contributed by atoms with Gasteiger partial charge in [-0.25, -0.2) is 9.69 Å². The van der Waals surface area contributed by atoms with Crippen molar-refractivity contribution in [1.29, 1.82) is 0 Å². The summed E-state index contributed by atoms with van der Waals surface area (Å²) in [6.07, 6.45) is 5.12. The minimum Gasteiger partial charge on any atom is -0.492 e. The van der Waals surface area contributed by atoms with E-state index in [-0.39, 0.29) is 12.1 Å². The van der Waals surface area contributed by atoms with Gasteiger partial charge in [0.25, 0.3) is 5.91 Å². The zero-order valence-corrected chi connectivity index (χ0v) is 15.3. The van der Waals surface area contributed by atoms with Crippen molar-refractivity contribution in [3.63, 3.8) is 0 Å². The number of hydrogen-bond acceptors (Lipinski definition) is 6. The lowest BCUT2D eigenvalue weighted by atomic mass is 9.91. The van der Waals surface area contributed by atoms with E-state index in [1.165, 1.54) is 6.21 Å². The number of hydrogen-bond donors (Lipinski definition) is 2. The van der Waals surface area contributed by atoms with Gasteiger partial charge in [-0.2, -0.15) is 0 Å². The number of ether oxygens (including phenoxy) is 1. The maximum absolute atomic E-state index is 12.9. The normalized spacial score (nSPS) is 26.4. The van der Waals surface area contributed by atoms with Crippen molar-refractivity contribution in [1.82, 2.24) is 5.32 Å². The van der Waals surface area contributed by atoms with Gasteiger partial charge in [0, 0.05) is 12.3 Å². The number of urea groups is 1. The summed E-state index contributed by atoms with van der Waals surface area (Å²) in [5, 5.41) is 2.23. The Labute approximate surface area is 157 Å². The summed E-state index contributed by atoms with van der Waals surface area (Å²) >= 11 is 0. The number of para-hydroxylation sites is 2. The number of rotatable bonds is 5. The van der Waals surface area contributed by atoms with Crippen LogP contribution in [-0.4, -0.2) is 42.8 Å². The van der Waals surface area contributed by atoms with E-state index in [1.807, 2.05) is 0 Å². The van der Waals surface area contributed by atoms with Crippen molar-refractivity contribution < 1.29 is 19.1 Å². The molecule has 27 heavy (non-hydrogen) atoms. The van der Waals surface area contributed by atoms with E-state index in [0.29, 0.717) is 18.0 Å². The average molecular weight is 372 g/mol. The number of carbonyl (C=O) groups excluding carboxylic acids is 3. The Kier molecular flexibility index (Phi) is 5.85. The van der Waals surface area contributed by atoms with Crippen LogP contribution >= 0.6 is 0 Å². The molecule has 8 nitrogen and oxygen atoms in total. The highest BCUT2D eigenvalue weighted by Gasteiger charge is 2.41. The van der Waals surface area contributed by atoms with E-state index in [2.05, 4.69) is 10.3 Å². The van der Waals surface area contributed by atoms with Crippen LogP contribution in [0.3, 0.4) is 0 Å². The third kappa shape index (κ3) is 4.00. The van der Waals surface area contributed by atoms with Gasteiger partial charge in [0.05, 0.1) is 18.3 Å². The lowest BCUT2D eigenvalue weighted by Crippen LogP contribution is -2.58. The summed E-state index contributed by atoms with van der Waals surface area (Å²) in [7, 11) is 0. The third-order valence-electron chi connectivity index (χ3n) is 4.82. The van der Waals surface area contributed by atoms with Crippen LogP contribution in [0.5, 0.6) is 5.75 Å². The highest BCUT2D eigenvalue weighted by Crippen LogP contribution is 2.30. The van der Waals surface area contributed by atoms with E-state index in [1.54, 1.807) is 31.2 Å². The molecule has 8 heteroatoms. The molecule has 3 N–H and O–H groups in total. The van der Waals surface area contributed by atoms with E-state index in [9.17, 15) is 14.4 Å². The first-order valence-corrected chi connectivity index (χ1v) is 9.22. The molecule has 1 saturated heterocycles. The molecule has 0 bridgehead atoms. The van der Waals surface area contributed by atoms with Crippen LogP contribution in [0, 0.1) is 5.92 Å². The van der Waals surface area contributed by atoms with Gasteiger partial charge in [-0.1, -0.05) is 25.0 Å². The molecule has 1 aromatic rings. The van der Waals surface area contributed by atoms with Gasteiger partial charge in [0.2, 0.25) is 5.91 Å². The molecule has 1 saturated carbocycles. The lowest BCUT2D eigenvalue weighted by Gasteiger charge is -2.30. The van der Waals surface area contributed by atoms with Gasteiger partial charge in [-0.3, -0.25) is 19.9 Å². The molecule has 4 amide bonds. The van der Waals surface area contributed by atoms with Crippen LogP contribution in [0.15, 0.2) is 29.3 Å². The molecule has 1 heterocycles. The fraction of sp³-hybridized carbons (Fsp3) is 0.474. The van der Waals surface area contributed by atoms with Crippen LogP contribution < -0.4 is 20.7 Å². The Morgan fingerprint density at radius 2 is 2.00 bits per heavy atom. The average Bonchev–Trinajstić information content (AvgIpc) is 2.64. The highest BCUT2D eigenvalue weighted by atomic mass is 16.5. The molecule has 2 aliphatic rings. The molecular formula is C19H24N4O4. The molecule has 0 radical (unpaired) electrons.